The molecule has 0 aliphatic carbocycles. The highest BCUT2D eigenvalue weighted by atomic mass is 79.9. The molecule has 3 nitrogen and oxygen atoms in total. The Morgan fingerprint density at radius 1 is 1.21 bits per heavy atom. The quantitative estimate of drug-likeness (QED) is 0.906. The van der Waals surface area contributed by atoms with Crippen molar-refractivity contribution in [3.63, 3.8) is 0 Å². The van der Waals surface area contributed by atoms with Crippen molar-refractivity contribution in [2.75, 3.05) is 5.32 Å². The molecule has 0 spiro atoms. The summed E-state index contributed by atoms with van der Waals surface area (Å²) in [5.74, 6) is -0.401. The van der Waals surface area contributed by atoms with E-state index in [0.29, 0.717) is 12.1 Å². The maximum atomic E-state index is 11.3. The Morgan fingerprint density at radius 3 is 2.63 bits per heavy atom. The van der Waals surface area contributed by atoms with E-state index in [-0.39, 0.29) is 0 Å². The SMILES string of the molecule is Cc1c(NCc2ccccc2Br)cccc1C(N)=O. The van der Waals surface area contributed by atoms with Crippen LogP contribution >= 0.6 is 15.9 Å². The Kier molecular flexibility index (Phi) is 4.22. The molecular formula is C15H15BrN2O. The van der Waals surface area contributed by atoms with E-state index in [4.69, 9.17) is 5.73 Å². The predicted octanol–water partition coefficient (Wildman–Crippen LogP) is 3.47. The predicted molar refractivity (Wildman–Crippen MR) is 81.2 cm³/mol. The van der Waals surface area contributed by atoms with Crippen molar-refractivity contribution < 1.29 is 4.79 Å². The van der Waals surface area contributed by atoms with Crippen molar-refractivity contribution >= 4 is 27.5 Å². The summed E-state index contributed by atoms with van der Waals surface area (Å²) in [6.07, 6.45) is 0. The second-order valence-corrected chi connectivity index (χ2v) is 5.14. The molecule has 0 unspecified atom stereocenters. The maximum Gasteiger partial charge on any atom is 0.249 e. The first-order chi connectivity index (χ1) is 9.09. The van der Waals surface area contributed by atoms with Crippen LogP contribution in [0.4, 0.5) is 5.69 Å². The van der Waals surface area contributed by atoms with Gasteiger partial charge in [-0.25, -0.2) is 0 Å². The van der Waals surface area contributed by atoms with Crippen LogP contribution in [-0.4, -0.2) is 5.91 Å². The van der Waals surface area contributed by atoms with Crippen molar-refractivity contribution in [3.8, 4) is 0 Å². The topological polar surface area (TPSA) is 55.1 Å². The lowest BCUT2D eigenvalue weighted by Gasteiger charge is -2.12. The van der Waals surface area contributed by atoms with Gasteiger partial charge in [0.15, 0.2) is 0 Å². The molecule has 0 saturated carbocycles. The molecule has 4 heteroatoms. The Bertz CT molecular complexity index is 611. The number of nitrogens with one attached hydrogen (secondary N) is 1. The third-order valence-electron chi connectivity index (χ3n) is 3.03. The van der Waals surface area contributed by atoms with Crippen LogP contribution in [0.5, 0.6) is 0 Å². The summed E-state index contributed by atoms with van der Waals surface area (Å²) in [4.78, 5) is 11.3. The Morgan fingerprint density at radius 2 is 1.95 bits per heavy atom. The van der Waals surface area contributed by atoms with Crippen LogP contribution in [0.25, 0.3) is 0 Å². The summed E-state index contributed by atoms with van der Waals surface area (Å²) in [6, 6.07) is 13.5. The first-order valence-corrected chi connectivity index (χ1v) is 6.75. The van der Waals surface area contributed by atoms with E-state index in [1.165, 1.54) is 0 Å². The van der Waals surface area contributed by atoms with E-state index in [2.05, 4.69) is 21.2 Å². The van der Waals surface area contributed by atoms with Crippen molar-refractivity contribution in [3.05, 3.63) is 63.6 Å². The molecule has 3 N–H and O–H groups in total. The number of amides is 1. The zero-order valence-electron chi connectivity index (χ0n) is 10.6. The molecule has 1 amide bonds. The maximum absolute atomic E-state index is 11.3. The summed E-state index contributed by atoms with van der Waals surface area (Å²) >= 11 is 3.51. The number of carbonyl (C=O) groups excluding carboxylic acids is 1. The van der Waals surface area contributed by atoms with Gasteiger partial charge in [0.2, 0.25) is 5.91 Å². The molecule has 0 aliphatic rings. The fraction of sp³-hybridized carbons (Fsp3) is 0.133. The zero-order valence-corrected chi connectivity index (χ0v) is 12.2. The van der Waals surface area contributed by atoms with Crippen LogP contribution in [0, 0.1) is 6.92 Å². The monoisotopic (exact) mass is 318 g/mol. The summed E-state index contributed by atoms with van der Waals surface area (Å²) in [7, 11) is 0. The number of anilines is 1. The van der Waals surface area contributed by atoms with Crippen molar-refractivity contribution in [1.29, 1.82) is 0 Å². The number of benzene rings is 2. The molecule has 0 saturated heterocycles. The average Bonchev–Trinajstić information content (AvgIpc) is 2.39. The molecule has 2 aromatic rings. The summed E-state index contributed by atoms with van der Waals surface area (Å²) in [5.41, 5.74) is 8.85. The highest BCUT2D eigenvalue weighted by molar-refractivity contribution is 9.10. The number of primary amides is 1. The van der Waals surface area contributed by atoms with Crippen molar-refractivity contribution in [2.24, 2.45) is 5.73 Å². The highest BCUT2D eigenvalue weighted by Gasteiger charge is 2.08. The van der Waals surface area contributed by atoms with Gasteiger partial charge in [0, 0.05) is 22.3 Å². The molecule has 0 heterocycles. The first-order valence-electron chi connectivity index (χ1n) is 5.96. The van der Waals surface area contributed by atoms with Gasteiger partial charge in [0.1, 0.15) is 0 Å². The molecule has 98 valence electrons. The van der Waals surface area contributed by atoms with Gasteiger partial charge in [-0.2, -0.15) is 0 Å². The van der Waals surface area contributed by atoms with Crippen LogP contribution in [0.3, 0.4) is 0 Å². The number of hydrogen-bond acceptors (Lipinski definition) is 2. The lowest BCUT2D eigenvalue weighted by molar-refractivity contribution is 0.1000. The molecule has 0 bridgehead atoms. The minimum absolute atomic E-state index is 0.401. The van der Waals surface area contributed by atoms with Gasteiger partial charge in [0.05, 0.1) is 0 Å². The van der Waals surface area contributed by atoms with Crippen LogP contribution in [-0.2, 0) is 6.54 Å². The summed E-state index contributed by atoms with van der Waals surface area (Å²) in [5, 5.41) is 3.33. The molecule has 2 rings (SSSR count). The number of carbonyl (C=O) groups is 1. The van der Waals surface area contributed by atoms with Crippen LogP contribution in [0.2, 0.25) is 0 Å². The zero-order chi connectivity index (χ0) is 13.8. The van der Waals surface area contributed by atoms with E-state index in [1.54, 1.807) is 6.07 Å². The Labute approximate surface area is 121 Å². The van der Waals surface area contributed by atoms with Crippen molar-refractivity contribution in [1.82, 2.24) is 0 Å². The molecule has 19 heavy (non-hydrogen) atoms. The number of rotatable bonds is 4. The van der Waals surface area contributed by atoms with Crippen LogP contribution in [0.15, 0.2) is 46.9 Å². The van der Waals surface area contributed by atoms with Gasteiger partial charge in [-0.15, -0.1) is 0 Å². The third kappa shape index (κ3) is 3.15. The van der Waals surface area contributed by atoms with Gasteiger partial charge in [0.25, 0.3) is 0 Å². The molecule has 0 fully saturated rings. The van der Waals surface area contributed by atoms with Gasteiger partial charge >= 0.3 is 0 Å². The molecular weight excluding hydrogens is 304 g/mol. The normalized spacial score (nSPS) is 10.2. The Balaban J connectivity index is 2.19. The minimum atomic E-state index is -0.401. The van der Waals surface area contributed by atoms with Gasteiger partial charge in [-0.1, -0.05) is 40.2 Å². The number of nitrogens with two attached hydrogens (primary N) is 1. The second kappa shape index (κ2) is 5.89. The lowest BCUT2D eigenvalue weighted by Crippen LogP contribution is -2.14. The van der Waals surface area contributed by atoms with Gasteiger partial charge in [-0.05, 0) is 36.2 Å². The van der Waals surface area contributed by atoms with Crippen molar-refractivity contribution in [2.45, 2.75) is 13.5 Å². The van der Waals surface area contributed by atoms with E-state index in [9.17, 15) is 4.79 Å². The summed E-state index contributed by atoms with van der Waals surface area (Å²) in [6.45, 7) is 2.58. The van der Waals surface area contributed by atoms with E-state index in [0.717, 1.165) is 21.3 Å². The van der Waals surface area contributed by atoms with E-state index < -0.39 is 5.91 Å². The first kappa shape index (κ1) is 13.6. The fourth-order valence-corrected chi connectivity index (χ4v) is 2.35. The standard InChI is InChI=1S/C15H15BrN2O/c1-10-12(15(17)19)6-4-8-14(10)18-9-11-5-2-3-7-13(11)16/h2-8,18H,9H2,1H3,(H2,17,19). The molecule has 0 aromatic heterocycles. The largest absolute Gasteiger partial charge is 0.381 e. The van der Waals surface area contributed by atoms with E-state index >= 15 is 0 Å². The smallest absolute Gasteiger partial charge is 0.249 e. The number of halogens is 1. The minimum Gasteiger partial charge on any atom is -0.381 e. The molecule has 0 radical (unpaired) electrons. The van der Waals surface area contributed by atoms with Crippen LogP contribution in [0.1, 0.15) is 21.5 Å². The molecule has 2 aromatic carbocycles. The second-order valence-electron chi connectivity index (χ2n) is 4.29. The van der Waals surface area contributed by atoms with Gasteiger partial charge in [-0.3, -0.25) is 4.79 Å². The van der Waals surface area contributed by atoms with Gasteiger partial charge < -0.3 is 11.1 Å². The van der Waals surface area contributed by atoms with E-state index in [1.807, 2.05) is 43.3 Å². The number of hydrogen-bond donors (Lipinski definition) is 2. The lowest BCUT2D eigenvalue weighted by atomic mass is 10.1. The molecule has 0 aliphatic heterocycles. The fourth-order valence-electron chi connectivity index (χ4n) is 1.93. The Hall–Kier alpha value is -1.81. The van der Waals surface area contributed by atoms with Crippen LogP contribution < -0.4 is 11.1 Å². The highest BCUT2D eigenvalue weighted by Crippen LogP contribution is 2.21. The summed E-state index contributed by atoms with van der Waals surface area (Å²) < 4.78 is 1.06. The average molecular weight is 319 g/mol. The third-order valence-corrected chi connectivity index (χ3v) is 3.80. The molecule has 0 atom stereocenters.